The van der Waals surface area contributed by atoms with Crippen LogP contribution >= 0.6 is 15.9 Å². The van der Waals surface area contributed by atoms with Crippen LogP contribution in [-0.4, -0.2) is 29.9 Å². The molecule has 0 aromatic carbocycles. The Bertz CT molecular complexity index is 200. The fraction of sp³-hybridized carbons (Fsp3) is 1.00. The molecule has 2 heteroatoms. The number of hydrogen-bond acceptors (Lipinski definition) is 1. The van der Waals surface area contributed by atoms with E-state index in [1.807, 2.05) is 0 Å². The molecule has 0 N–H and O–H groups in total. The summed E-state index contributed by atoms with van der Waals surface area (Å²) >= 11 is 3.66. The average molecular weight is 260 g/mol. The molecule has 1 heterocycles. The molecule has 0 amide bonds. The monoisotopic (exact) mass is 259 g/mol. The molecule has 1 nitrogen and oxygen atoms in total. The van der Waals surface area contributed by atoms with E-state index in [4.69, 9.17) is 0 Å². The van der Waals surface area contributed by atoms with E-state index in [0.29, 0.717) is 5.41 Å². The fourth-order valence-corrected chi connectivity index (χ4v) is 3.22. The van der Waals surface area contributed by atoms with Crippen molar-refractivity contribution < 1.29 is 0 Å². The number of piperidine rings is 1. The van der Waals surface area contributed by atoms with E-state index in [2.05, 4.69) is 34.7 Å². The molecular formula is C12H22BrN. The Morgan fingerprint density at radius 3 is 2.50 bits per heavy atom. The highest BCUT2D eigenvalue weighted by molar-refractivity contribution is 9.09. The summed E-state index contributed by atoms with van der Waals surface area (Å²) in [6.07, 6.45) is 4.29. The van der Waals surface area contributed by atoms with Crippen molar-refractivity contribution in [3.63, 3.8) is 0 Å². The standard InChI is InChI=1S/C12H22BrN/c1-10-3-6-14(7-11(10)2)9-12(8-13)4-5-12/h10-11H,3-9H2,1-2H3. The Morgan fingerprint density at radius 1 is 1.29 bits per heavy atom. The van der Waals surface area contributed by atoms with Gasteiger partial charge in [-0.15, -0.1) is 0 Å². The molecule has 1 aliphatic carbocycles. The van der Waals surface area contributed by atoms with E-state index in [-0.39, 0.29) is 0 Å². The first-order chi connectivity index (χ1) is 6.65. The first-order valence-corrected chi connectivity index (χ1v) is 7.06. The first kappa shape index (κ1) is 10.9. The van der Waals surface area contributed by atoms with Crippen molar-refractivity contribution in [1.82, 2.24) is 4.90 Å². The Kier molecular flexibility index (Phi) is 3.23. The molecule has 2 rings (SSSR count). The summed E-state index contributed by atoms with van der Waals surface area (Å²) in [6.45, 7) is 8.81. The molecule has 0 bridgehead atoms. The second-order valence-corrected chi connectivity index (χ2v) is 6.17. The summed E-state index contributed by atoms with van der Waals surface area (Å²) in [7, 11) is 0. The van der Waals surface area contributed by atoms with Crippen LogP contribution in [0.25, 0.3) is 0 Å². The maximum Gasteiger partial charge on any atom is 0.0100 e. The maximum atomic E-state index is 3.66. The van der Waals surface area contributed by atoms with E-state index in [9.17, 15) is 0 Å². The molecule has 2 atom stereocenters. The molecule has 14 heavy (non-hydrogen) atoms. The second kappa shape index (κ2) is 4.13. The van der Waals surface area contributed by atoms with Crippen molar-refractivity contribution in [2.45, 2.75) is 33.1 Å². The lowest BCUT2D eigenvalue weighted by molar-refractivity contribution is 0.120. The van der Waals surface area contributed by atoms with Gasteiger partial charge in [-0.1, -0.05) is 29.8 Å². The molecule has 1 aliphatic heterocycles. The lowest BCUT2D eigenvalue weighted by Crippen LogP contribution is -2.41. The van der Waals surface area contributed by atoms with Gasteiger partial charge in [0.05, 0.1) is 0 Å². The van der Waals surface area contributed by atoms with Gasteiger partial charge in [0.15, 0.2) is 0 Å². The molecule has 82 valence electrons. The van der Waals surface area contributed by atoms with Gasteiger partial charge in [0.2, 0.25) is 0 Å². The third kappa shape index (κ3) is 2.33. The van der Waals surface area contributed by atoms with E-state index in [1.165, 1.54) is 44.2 Å². The topological polar surface area (TPSA) is 3.24 Å². The number of hydrogen-bond donors (Lipinski definition) is 0. The van der Waals surface area contributed by atoms with E-state index in [0.717, 1.165) is 11.8 Å². The zero-order valence-corrected chi connectivity index (χ0v) is 11.0. The highest BCUT2D eigenvalue weighted by Gasteiger charge is 2.43. The van der Waals surface area contributed by atoms with Crippen molar-refractivity contribution in [3.05, 3.63) is 0 Å². The van der Waals surface area contributed by atoms with E-state index in [1.54, 1.807) is 0 Å². The third-order valence-electron chi connectivity index (χ3n) is 4.22. The summed E-state index contributed by atoms with van der Waals surface area (Å²) in [5, 5.41) is 1.21. The van der Waals surface area contributed by atoms with Gasteiger partial charge in [0.1, 0.15) is 0 Å². The summed E-state index contributed by atoms with van der Waals surface area (Å²) in [6, 6.07) is 0. The Labute approximate surface area is 96.4 Å². The van der Waals surface area contributed by atoms with Gasteiger partial charge in [-0.2, -0.15) is 0 Å². The molecule has 0 radical (unpaired) electrons. The van der Waals surface area contributed by atoms with Crippen molar-refractivity contribution in [3.8, 4) is 0 Å². The van der Waals surface area contributed by atoms with Crippen LogP contribution in [0.4, 0.5) is 0 Å². The van der Waals surface area contributed by atoms with Crippen LogP contribution in [0.15, 0.2) is 0 Å². The minimum Gasteiger partial charge on any atom is -0.302 e. The molecule has 2 fully saturated rings. The van der Waals surface area contributed by atoms with Gasteiger partial charge in [0, 0.05) is 18.4 Å². The molecule has 0 spiro atoms. The second-order valence-electron chi connectivity index (χ2n) is 5.61. The highest BCUT2D eigenvalue weighted by atomic mass is 79.9. The number of rotatable bonds is 3. The molecule has 1 saturated heterocycles. The van der Waals surface area contributed by atoms with Crippen molar-refractivity contribution in [2.75, 3.05) is 25.0 Å². The van der Waals surface area contributed by atoms with Crippen molar-refractivity contribution >= 4 is 15.9 Å². The van der Waals surface area contributed by atoms with Gasteiger partial charge in [-0.3, -0.25) is 0 Å². The van der Waals surface area contributed by atoms with Crippen LogP contribution in [0.1, 0.15) is 33.1 Å². The number of halogens is 1. The van der Waals surface area contributed by atoms with Crippen LogP contribution in [0.2, 0.25) is 0 Å². The maximum absolute atomic E-state index is 3.66. The first-order valence-electron chi connectivity index (χ1n) is 5.93. The van der Waals surface area contributed by atoms with Gasteiger partial charge >= 0.3 is 0 Å². The number of likely N-dealkylation sites (tertiary alicyclic amines) is 1. The molecular weight excluding hydrogens is 238 g/mol. The van der Waals surface area contributed by atoms with Crippen LogP contribution in [-0.2, 0) is 0 Å². The largest absolute Gasteiger partial charge is 0.302 e. The molecule has 1 saturated carbocycles. The van der Waals surface area contributed by atoms with Crippen LogP contribution in [0.3, 0.4) is 0 Å². The molecule has 2 unspecified atom stereocenters. The van der Waals surface area contributed by atoms with E-state index < -0.39 is 0 Å². The average Bonchev–Trinajstić information content (AvgIpc) is 2.93. The van der Waals surface area contributed by atoms with Crippen LogP contribution in [0.5, 0.6) is 0 Å². The van der Waals surface area contributed by atoms with Crippen LogP contribution < -0.4 is 0 Å². The zero-order chi connectivity index (χ0) is 10.2. The Morgan fingerprint density at radius 2 is 2.00 bits per heavy atom. The quantitative estimate of drug-likeness (QED) is 0.705. The molecule has 2 aliphatic rings. The summed E-state index contributed by atoms with van der Waals surface area (Å²) in [4.78, 5) is 2.69. The predicted molar refractivity (Wildman–Crippen MR) is 64.8 cm³/mol. The SMILES string of the molecule is CC1CCN(CC2(CBr)CC2)CC1C. The summed E-state index contributed by atoms with van der Waals surface area (Å²) in [5.74, 6) is 1.83. The van der Waals surface area contributed by atoms with Gasteiger partial charge in [-0.25, -0.2) is 0 Å². The van der Waals surface area contributed by atoms with Crippen LogP contribution in [0, 0.1) is 17.3 Å². The molecule has 0 aromatic rings. The predicted octanol–water partition coefficient (Wildman–Crippen LogP) is 3.14. The minimum absolute atomic E-state index is 0.667. The minimum atomic E-state index is 0.667. The van der Waals surface area contributed by atoms with Gasteiger partial charge < -0.3 is 4.90 Å². The highest BCUT2D eigenvalue weighted by Crippen LogP contribution is 2.48. The van der Waals surface area contributed by atoms with Crippen molar-refractivity contribution in [2.24, 2.45) is 17.3 Å². The Balaban J connectivity index is 1.82. The lowest BCUT2D eigenvalue weighted by atomic mass is 9.88. The Hall–Kier alpha value is 0.440. The van der Waals surface area contributed by atoms with Crippen molar-refractivity contribution in [1.29, 1.82) is 0 Å². The number of nitrogens with zero attached hydrogens (tertiary/aromatic N) is 1. The zero-order valence-electron chi connectivity index (χ0n) is 9.43. The normalized spacial score (nSPS) is 37.1. The number of alkyl halides is 1. The van der Waals surface area contributed by atoms with Gasteiger partial charge in [-0.05, 0) is 43.1 Å². The summed E-state index contributed by atoms with van der Waals surface area (Å²) < 4.78 is 0. The smallest absolute Gasteiger partial charge is 0.0100 e. The van der Waals surface area contributed by atoms with E-state index >= 15 is 0 Å². The fourth-order valence-electron chi connectivity index (χ4n) is 2.48. The van der Waals surface area contributed by atoms with Gasteiger partial charge in [0.25, 0.3) is 0 Å². The third-order valence-corrected chi connectivity index (χ3v) is 5.41. The molecule has 0 aromatic heterocycles. The lowest BCUT2D eigenvalue weighted by Gasteiger charge is -2.37. The summed E-state index contributed by atoms with van der Waals surface area (Å²) in [5.41, 5.74) is 0.667.